The molecule has 0 N–H and O–H groups in total. The summed E-state index contributed by atoms with van der Waals surface area (Å²) in [5.41, 5.74) is 0. The van der Waals surface area contributed by atoms with E-state index in [4.69, 9.17) is 0 Å². The van der Waals surface area contributed by atoms with Crippen LogP contribution < -0.4 is 0 Å². The lowest BCUT2D eigenvalue weighted by atomic mass is 9.81. The number of carbonyl (C=O) groups is 2. The predicted molar refractivity (Wildman–Crippen MR) is 48.1 cm³/mol. The highest BCUT2D eigenvalue weighted by Crippen LogP contribution is 2.27. The van der Waals surface area contributed by atoms with E-state index >= 15 is 0 Å². The van der Waals surface area contributed by atoms with Gasteiger partial charge in [0, 0.05) is 6.42 Å². The van der Waals surface area contributed by atoms with Crippen LogP contribution >= 0.6 is 0 Å². The number of allylic oxidation sites excluding steroid dienone is 1. The van der Waals surface area contributed by atoms with Crippen LogP contribution in [-0.4, -0.2) is 18.9 Å². The quantitative estimate of drug-likeness (QED) is 0.367. The van der Waals surface area contributed by atoms with Crippen LogP contribution in [0.15, 0.2) is 12.7 Å². The number of methoxy groups -OCH3 is 1. The number of esters is 1. The van der Waals surface area contributed by atoms with Crippen LogP contribution in [0.5, 0.6) is 0 Å². The van der Waals surface area contributed by atoms with E-state index in [1.165, 1.54) is 7.11 Å². The van der Waals surface area contributed by atoms with Gasteiger partial charge < -0.3 is 4.74 Å². The second kappa shape index (κ2) is 4.21. The van der Waals surface area contributed by atoms with Gasteiger partial charge in [0.25, 0.3) is 0 Å². The zero-order chi connectivity index (χ0) is 9.84. The van der Waals surface area contributed by atoms with Crippen LogP contribution in [0.4, 0.5) is 0 Å². The summed E-state index contributed by atoms with van der Waals surface area (Å²) in [4.78, 5) is 22.5. The van der Waals surface area contributed by atoms with Crippen molar-refractivity contribution in [1.82, 2.24) is 0 Å². The first kappa shape index (κ1) is 9.96. The molecule has 1 fully saturated rings. The third kappa shape index (κ3) is 2.17. The highest BCUT2D eigenvalue weighted by atomic mass is 16.5. The summed E-state index contributed by atoms with van der Waals surface area (Å²) in [6.45, 7) is 3.64. The molecule has 0 bridgehead atoms. The van der Waals surface area contributed by atoms with Crippen molar-refractivity contribution in [3.05, 3.63) is 12.7 Å². The lowest BCUT2D eigenvalue weighted by Crippen LogP contribution is -2.31. The Morgan fingerprint density at radius 3 is 2.77 bits per heavy atom. The minimum atomic E-state index is -0.527. The van der Waals surface area contributed by atoms with Gasteiger partial charge in [0.15, 0.2) is 0 Å². The van der Waals surface area contributed by atoms with Crippen molar-refractivity contribution in [3.63, 3.8) is 0 Å². The van der Waals surface area contributed by atoms with E-state index in [0.717, 1.165) is 6.42 Å². The third-order valence-electron chi connectivity index (χ3n) is 2.50. The SMILES string of the molecule is C=CC1CCC(C(=O)OC)C(=O)C1. The van der Waals surface area contributed by atoms with Gasteiger partial charge in [-0.25, -0.2) is 0 Å². The second-order valence-corrected chi connectivity index (χ2v) is 3.32. The van der Waals surface area contributed by atoms with E-state index in [1.807, 2.05) is 0 Å². The molecule has 1 rings (SSSR count). The minimum Gasteiger partial charge on any atom is -0.468 e. The number of hydrogen-bond donors (Lipinski definition) is 0. The summed E-state index contributed by atoms with van der Waals surface area (Å²) in [6.07, 6.45) is 3.67. The van der Waals surface area contributed by atoms with Crippen LogP contribution in [0.1, 0.15) is 19.3 Å². The number of carbonyl (C=O) groups excluding carboxylic acids is 2. The third-order valence-corrected chi connectivity index (χ3v) is 2.50. The Morgan fingerprint density at radius 1 is 1.62 bits per heavy atom. The molecule has 0 amide bonds. The average Bonchev–Trinajstić information content (AvgIpc) is 2.16. The van der Waals surface area contributed by atoms with Crippen LogP contribution in [0.25, 0.3) is 0 Å². The van der Waals surface area contributed by atoms with Crippen molar-refractivity contribution in [2.45, 2.75) is 19.3 Å². The average molecular weight is 182 g/mol. The Kier molecular flexibility index (Phi) is 3.23. The summed E-state index contributed by atoms with van der Waals surface area (Å²) in [6, 6.07) is 0. The number of rotatable bonds is 2. The van der Waals surface area contributed by atoms with Gasteiger partial charge in [-0.15, -0.1) is 6.58 Å². The van der Waals surface area contributed by atoms with Crippen molar-refractivity contribution in [3.8, 4) is 0 Å². The molecule has 1 aliphatic carbocycles. The van der Waals surface area contributed by atoms with Gasteiger partial charge in [-0.3, -0.25) is 9.59 Å². The van der Waals surface area contributed by atoms with Crippen molar-refractivity contribution < 1.29 is 14.3 Å². The molecule has 0 saturated heterocycles. The molecule has 0 heterocycles. The summed E-state index contributed by atoms with van der Waals surface area (Å²) in [7, 11) is 1.31. The zero-order valence-electron chi connectivity index (χ0n) is 7.79. The van der Waals surface area contributed by atoms with Gasteiger partial charge >= 0.3 is 5.97 Å². The first-order chi connectivity index (χ1) is 6.19. The Morgan fingerprint density at radius 2 is 2.31 bits per heavy atom. The Bertz CT molecular complexity index is 232. The van der Waals surface area contributed by atoms with E-state index in [1.54, 1.807) is 6.08 Å². The first-order valence-corrected chi connectivity index (χ1v) is 4.42. The van der Waals surface area contributed by atoms with Crippen LogP contribution in [0.2, 0.25) is 0 Å². The van der Waals surface area contributed by atoms with E-state index in [-0.39, 0.29) is 11.7 Å². The van der Waals surface area contributed by atoms with Gasteiger partial charge in [0.1, 0.15) is 11.7 Å². The Labute approximate surface area is 77.8 Å². The number of ketones is 1. The molecule has 0 radical (unpaired) electrons. The summed E-state index contributed by atoms with van der Waals surface area (Å²) in [5.74, 6) is -0.690. The highest BCUT2D eigenvalue weighted by Gasteiger charge is 2.32. The fourth-order valence-electron chi connectivity index (χ4n) is 1.64. The van der Waals surface area contributed by atoms with Crippen molar-refractivity contribution in [1.29, 1.82) is 0 Å². The zero-order valence-corrected chi connectivity index (χ0v) is 7.79. The lowest BCUT2D eigenvalue weighted by molar-refractivity contribution is -0.151. The predicted octanol–water partition coefficient (Wildman–Crippen LogP) is 1.33. The van der Waals surface area contributed by atoms with Gasteiger partial charge in [-0.2, -0.15) is 0 Å². The van der Waals surface area contributed by atoms with Crippen molar-refractivity contribution in [2.24, 2.45) is 11.8 Å². The molecule has 72 valence electrons. The number of Topliss-reactive ketones (excluding diaryl/α,β-unsaturated/α-hetero) is 1. The smallest absolute Gasteiger partial charge is 0.316 e. The lowest BCUT2D eigenvalue weighted by Gasteiger charge is -2.23. The molecule has 2 unspecified atom stereocenters. The molecule has 0 aromatic heterocycles. The van der Waals surface area contributed by atoms with E-state index in [9.17, 15) is 9.59 Å². The van der Waals surface area contributed by atoms with Crippen LogP contribution in [0, 0.1) is 11.8 Å². The molecule has 13 heavy (non-hydrogen) atoms. The molecule has 0 aliphatic heterocycles. The van der Waals surface area contributed by atoms with E-state index in [2.05, 4.69) is 11.3 Å². The monoisotopic (exact) mass is 182 g/mol. The fourth-order valence-corrected chi connectivity index (χ4v) is 1.64. The normalized spacial score (nSPS) is 28.2. The Hall–Kier alpha value is -1.12. The highest BCUT2D eigenvalue weighted by molar-refractivity contribution is 5.99. The van der Waals surface area contributed by atoms with Crippen molar-refractivity contribution in [2.75, 3.05) is 7.11 Å². The maximum Gasteiger partial charge on any atom is 0.316 e. The van der Waals surface area contributed by atoms with Gasteiger partial charge in [0.05, 0.1) is 7.11 Å². The van der Waals surface area contributed by atoms with E-state index < -0.39 is 11.9 Å². The maximum absolute atomic E-state index is 11.4. The van der Waals surface area contributed by atoms with Crippen LogP contribution in [-0.2, 0) is 14.3 Å². The molecular weight excluding hydrogens is 168 g/mol. The van der Waals surface area contributed by atoms with Gasteiger partial charge in [-0.05, 0) is 18.8 Å². The molecular formula is C10H14O3. The van der Waals surface area contributed by atoms with Crippen LogP contribution in [0.3, 0.4) is 0 Å². The molecule has 3 heteroatoms. The number of ether oxygens (including phenoxy) is 1. The summed E-state index contributed by atoms with van der Waals surface area (Å²) >= 11 is 0. The molecule has 0 aromatic rings. The maximum atomic E-state index is 11.4. The Balaban J connectivity index is 2.58. The molecule has 1 aliphatic rings. The molecule has 0 spiro atoms. The summed E-state index contributed by atoms with van der Waals surface area (Å²) < 4.78 is 4.54. The van der Waals surface area contributed by atoms with Crippen molar-refractivity contribution >= 4 is 11.8 Å². The molecule has 1 saturated carbocycles. The second-order valence-electron chi connectivity index (χ2n) is 3.32. The largest absolute Gasteiger partial charge is 0.468 e. The topological polar surface area (TPSA) is 43.4 Å². The first-order valence-electron chi connectivity index (χ1n) is 4.42. The minimum absolute atomic E-state index is 0.0111. The molecule has 0 aromatic carbocycles. The molecule has 2 atom stereocenters. The fraction of sp³-hybridized carbons (Fsp3) is 0.600. The van der Waals surface area contributed by atoms with Gasteiger partial charge in [-0.1, -0.05) is 6.08 Å². The summed E-state index contributed by atoms with van der Waals surface area (Å²) in [5, 5.41) is 0. The van der Waals surface area contributed by atoms with E-state index in [0.29, 0.717) is 12.8 Å². The number of hydrogen-bond acceptors (Lipinski definition) is 3. The molecule has 3 nitrogen and oxygen atoms in total. The van der Waals surface area contributed by atoms with Gasteiger partial charge in [0.2, 0.25) is 0 Å². The standard InChI is InChI=1S/C10H14O3/c1-3-7-4-5-8(9(11)6-7)10(12)13-2/h3,7-8H,1,4-6H2,2H3.